The van der Waals surface area contributed by atoms with Gasteiger partial charge in [0.05, 0.1) is 24.6 Å². The van der Waals surface area contributed by atoms with Crippen LogP contribution in [0.5, 0.6) is 0 Å². The molecule has 1 aliphatic rings. The van der Waals surface area contributed by atoms with E-state index in [-0.39, 0.29) is 28.3 Å². The van der Waals surface area contributed by atoms with Crippen LogP contribution in [0.1, 0.15) is 76.8 Å². The van der Waals surface area contributed by atoms with Crippen LogP contribution >= 0.6 is 0 Å². The van der Waals surface area contributed by atoms with Crippen molar-refractivity contribution < 1.29 is 24.4 Å². The zero-order valence-electron chi connectivity index (χ0n) is 17.0. The molecular weight excluding hydrogens is 354 g/mol. The molecule has 0 heterocycles. The summed E-state index contributed by atoms with van der Waals surface area (Å²) in [6.45, 7) is 12.6. The Morgan fingerprint density at radius 3 is 1.71 bits per heavy atom. The van der Waals surface area contributed by atoms with Gasteiger partial charge in [0.2, 0.25) is 0 Å². The second-order valence-electron chi connectivity index (χ2n) is 7.49. The van der Waals surface area contributed by atoms with Crippen LogP contribution < -0.4 is 10.0 Å². The minimum Gasteiger partial charge on any atom is -0.545 e. The summed E-state index contributed by atoms with van der Waals surface area (Å²) < 4.78 is 0. The number of hydrogen-bond acceptors (Lipinski definition) is 4. The molecule has 148 valence electrons. The van der Waals surface area contributed by atoms with Crippen molar-refractivity contribution in [3.8, 4) is 0 Å². The smallest absolute Gasteiger partial charge is 0.194 e. The van der Waals surface area contributed by atoms with Crippen molar-refractivity contribution >= 4 is 17.5 Å². The average molecular weight is 381 g/mol. The normalized spacial score (nSPS) is 12.6. The molecule has 2 aromatic carbocycles. The molecule has 0 amide bonds. The lowest BCUT2D eigenvalue weighted by Crippen LogP contribution is -3.17. The van der Waals surface area contributed by atoms with E-state index in [4.69, 9.17) is 0 Å². The van der Waals surface area contributed by atoms with Gasteiger partial charge in [-0.15, -0.1) is 0 Å². The van der Waals surface area contributed by atoms with Crippen LogP contribution in [0, 0.1) is 0 Å². The number of quaternary nitrogens is 1. The topological polar surface area (TPSA) is 78.7 Å². The molecule has 0 atom stereocenters. The van der Waals surface area contributed by atoms with E-state index in [9.17, 15) is 19.5 Å². The first kappa shape index (κ1) is 21.5. The Morgan fingerprint density at radius 2 is 1.32 bits per heavy atom. The molecule has 28 heavy (non-hydrogen) atoms. The highest BCUT2D eigenvalue weighted by atomic mass is 16.4. The molecule has 5 nitrogen and oxygen atoms in total. The molecule has 1 aliphatic carbocycles. The van der Waals surface area contributed by atoms with Crippen LogP contribution in [0.3, 0.4) is 0 Å². The molecule has 0 unspecified atom stereocenters. The van der Waals surface area contributed by atoms with Crippen LogP contribution in [0.4, 0.5) is 0 Å². The maximum atomic E-state index is 12.3. The third-order valence-electron chi connectivity index (χ3n) is 5.05. The highest BCUT2D eigenvalue weighted by Gasteiger charge is 2.29. The van der Waals surface area contributed by atoms with Gasteiger partial charge in [-0.2, -0.15) is 0 Å². The Kier molecular flexibility index (Phi) is 6.86. The zero-order valence-corrected chi connectivity index (χ0v) is 17.0. The third-order valence-corrected chi connectivity index (χ3v) is 5.05. The highest BCUT2D eigenvalue weighted by Crippen LogP contribution is 2.27. The SMILES string of the molecule is CC[NH+](C(C)C)C(C)C.O=C([O-])c1ccc2c(c1)C(=O)c1ccccc1C2=O. The molecule has 0 saturated carbocycles. The third kappa shape index (κ3) is 4.37. The average Bonchev–Trinajstić information content (AvgIpc) is 2.66. The van der Waals surface area contributed by atoms with Crippen LogP contribution in [0.25, 0.3) is 0 Å². The summed E-state index contributed by atoms with van der Waals surface area (Å²) in [6.07, 6.45) is 0. The Hall–Kier alpha value is -2.79. The number of nitrogens with one attached hydrogen (secondary N) is 1. The van der Waals surface area contributed by atoms with Crippen LogP contribution in [0.15, 0.2) is 42.5 Å². The molecule has 0 fully saturated rings. The number of carbonyl (C=O) groups is 3. The number of carboxylic acid groups (broad SMARTS) is 1. The summed E-state index contributed by atoms with van der Waals surface area (Å²) in [7, 11) is 0. The van der Waals surface area contributed by atoms with Gasteiger partial charge < -0.3 is 14.8 Å². The van der Waals surface area contributed by atoms with Gasteiger partial charge in [0.15, 0.2) is 11.6 Å². The fourth-order valence-electron chi connectivity index (χ4n) is 3.71. The first-order valence-electron chi connectivity index (χ1n) is 9.58. The lowest BCUT2D eigenvalue weighted by Gasteiger charge is -2.25. The van der Waals surface area contributed by atoms with E-state index < -0.39 is 5.97 Å². The number of carbonyl (C=O) groups excluding carboxylic acids is 3. The highest BCUT2D eigenvalue weighted by molar-refractivity contribution is 6.28. The maximum absolute atomic E-state index is 12.3. The number of benzene rings is 2. The van der Waals surface area contributed by atoms with Crippen molar-refractivity contribution in [2.75, 3.05) is 6.54 Å². The monoisotopic (exact) mass is 381 g/mol. The molecule has 0 bridgehead atoms. The van der Waals surface area contributed by atoms with E-state index >= 15 is 0 Å². The summed E-state index contributed by atoms with van der Waals surface area (Å²) in [5, 5.41) is 10.8. The van der Waals surface area contributed by atoms with E-state index in [0.29, 0.717) is 11.1 Å². The summed E-state index contributed by atoms with van der Waals surface area (Å²) in [5.74, 6) is -1.98. The van der Waals surface area contributed by atoms with Crippen molar-refractivity contribution in [2.24, 2.45) is 0 Å². The molecular formula is C23H27NO4. The van der Waals surface area contributed by atoms with Crippen molar-refractivity contribution in [3.05, 3.63) is 70.3 Å². The van der Waals surface area contributed by atoms with E-state index in [0.717, 1.165) is 12.1 Å². The lowest BCUT2D eigenvalue weighted by atomic mass is 9.83. The maximum Gasteiger partial charge on any atom is 0.194 e. The summed E-state index contributed by atoms with van der Waals surface area (Å²) >= 11 is 0. The van der Waals surface area contributed by atoms with Crippen molar-refractivity contribution in [1.29, 1.82) is 0 Å². The van der Waals surface area contributed by atoms with Crippen molar-refractivity contribution in [3.63, 3.8) is 0 Å². The Balaban J connectivity index is 0.000000266. The zero-order chi connectivity index (χ0) is 21.0. The Bertz CT molecular complexity index is 891. The van der Waals surface area contributed by atoms with E-state index in [1.54, 1.807) is 29.2 Å². The number of aromatic carboxylic acids is 1. The first-order chi connectivity index (χ1) is 13.2. The summed E-state index contributed by atoms with van der Waals surface area (Å²) in [5.41, 5.74) is 0.884. The second kappa shape index (κ2) is 8.93. The minimum absolute atomic E-state index is 0.112. The molecule has 0 aliphatic heterocycles. The van der Waals surface area contributed by atoms with Crippen LogP contribution in [-0.2, 0) is 0 Å². The van der Waals surface area contributed by atoms with Crippen LogP contribution in [-0.4, -0.2) is 36.2 Å². The van der Waals surface area contributed by atoms with E-state index in [2.05, 4.69) is 34.6 Å². The Labute approximate surface area is 166 Å². The lowest BCUT2D eigenvalue weighted by molar-refractivity contribution is -0.940. The van der Waals surface area contributed by atoms with Crippen molar-refractivity contribution in [1.82, 2.24) is 0 Å². The van der Waals surface area contributed by atoms with Gasteiger partial charge in [-0.25, -0.2) is 0 Å². The molecule has 1 N–H and O–H groups in total. The van der Waals surface area contributed by atoms with Gasteiger partial charge >= 0.3 is 0 Å². The van der Waals surface area contributed by atoms with Gasteiger partial charge in [-0.05, 0) is 52.3 Å². The molecule has 0 saturated heterocycles. The van der Waals surface area contributed by atoms with E-state index in [1.165, 1.54) is 24.7 Å². The van der Waals surface area contributed by atoms with Gasteiger partial charge in [0, 0.05) is 22.3 Å². The summed E-state index contributed by atoms with van der Waals surface area (Å²) in [6, 6.07) is 11.9. The number of ketones is 2. The first-order valence-corrected chi connectivity index (χ1v) is 9.58. The van der Waals surface area contributed by atoms with Gasteiger partial charge in [0.25, 0.3) is 0 Å². The minimum atomic E-state index is -1.37. The van der Waals surface area contributed by atoms with Gasteiger partial charge in [-0.1, -0.05) is 30.3 Å². The predicted octanol–water partition coefficient (Wildman–Crippen LogP) is 1.53. The predicted molar refractivity (Wildman–Crippen MR) is 106 cm³/mol. The molecule has 5 heteroatoms. The van der Waals surface area contributed by atoms with Gasteiger partial charge in [0.1, 0.15) is 0 Å². The number of hydrogen-bond donors (Lipinski definition) is 1. The molecule has 3 rings (SSSR count). The Morgan fingerprint density at radius 1 is 0.857 bits per heavy atom. The summed E-state index contributed by atoms with van der Waals surface area (Å²) in [4.78, 5) is 37.0. The van der Waals surface area contributed by atoms with E-state index in [1.807, 2.05) is 0 Å². The van der Waals surface area contributed by atoms with Crippen molar-refractivity contribution in [2.45, 2.75) is 46.7 Å². The van der Waals surface area contributed by atoms with Crippen LogP contribution in [0.2, 0.25) is 0 Å². The molecule has 0 spiro atoms. The molecule has 2 aromatic rings. The quantitative estimate of drug-likeness (QED) is 0.743. The number of rotatable bonds is 4. The standard InChI is InChI=1S/C15H8O4.C8H19N/c16-13-9-3-1-2-4-10(9)14(17)12-7-8(15(18)19)5-6-11(12)13;1-6-9(7(2)3)8(4)5/h1-7H,(H,18,19);7-8H,6H2,1-5H3. The fourth-order valence-corrected chi connectivity index (χ4v) is 3.71. The molecule has 0 aromatic heterocycles. The number of fused-ring (bicyclic) bond motifs is 2. The largest absolute Gasteiger partial charge is 0.545 e. The molecule has 0 radical (unpaired) electrons. The van der Waals surface area contributed by atoms with Gasteiger partial charge in [-0.3, -0.25) is 9.59 Å². The fraction of sp³-hybridized carbons (Fsp3) is 0.348. The second-order valence-corrected chi connectivity index (χ2v) is 7.49. The number of carboxylic acids is 1.